The maximum atomic E-state index is 5.40. The molecule has 3 nitrogen and oxygen atoms in total. The van der Waals surface area contributed by atoms with Crippen LogP contribution in [0.5, 0.6) is 0 Å². The van der Waals surface area contributed by atoms with Crippen molar-refractivity contribution >= 4 is 11.3 Å². The number of rotatable bonds is 5. The molecule has 0 saturated heterocycles. The van der Waals surface area contributed by atoms with E-state index in [1.165, 1.54) is 10.7 Å². The number of methoxy groups -OCH3 is 1. The van der Waals surface area contributed by atoms with Crippen LogP contribution in [0.15, 0.2) is 5.38 Å². The molecule has 1 aromatic heterocycles. The molecular weight excluding hydrogens is 232 g/mol. The quantitative estimate of drug-likeness (QED) is 0.877. The average molecular weight is 254 g/mol. The molecule has 1 saturated carbocycles. The van der Waals surface area contributed by atoms with Gasteiger partial charge in [0.1, 0.15) is 5.01 Å². The highest BCUT2D eigenvalue weighted by Crippen LogP contribution is 2.44. The van der Waals surface area contributed by atoms with Crippen molar-refractivity contribution < 1.29 is 4.74 Å². The van der Waals surface area contributed by atoms with Gasteiger partial charge in [0, 0.05) is 12.5 Å². The molecule has 0 spiro atoms. The molecule has 1 fully saturated rings. The molecule has 1 aliphatic rings. The fourth-order valence-corrected chi connectivity index (χ4v) is 3.57. The number of aromatic nitrogens is 1. The summed E-state index contributed by atoms with van der Waals surface area (Å²) in [5, 5.41) is 7.02. The number of nitrogens with zero attached hydrogens (tertiary/aromatic N) is 1. The maximum absolute atomic E-state index is 5.40. The molecule has 1 aliphatic carbocycles. The Hall–Kier alpha value is -0.450. The van der Waals surface area contributed by atoms with Crippen molar-refractivity contribution in [2.45, 2.75) is 51.2 Å². The van der Waals surface area contributed by atoms with Gasteiger partial charge in [-0.15, -0.1) is 11.3 Å². The van der Waals surface area contributed by atoms with Gasteiger partial charge in [-0.25, -0.2) is 4.98 Å². The summed E-state index contributed by atoms with van der Waals surface area (Å²) in [6.45, 7) is 7.51. The van der Waals surface area contributed by atoms with Gasteiger partial charge in [-0.3, -0.25) is 0 Å². The third kappa shape index (κ3) is 2.39. The summed E-state index contributed by atoms with van der Waals surface area (Å²) in [6, 6.07) is 0. The Morgan fingerprint density at radius 3 is 2.76 bits per heavy atom. The largest absolute Gasteiger partial charge is 0.381 e. The molecule has 17 heavy (non-hydrogen) atoms. The minimum absolute atomic E-state index is 0.0766. The van der Waals surface area contributed by atoms with Gasteiger partial charge in [-0.2, -0.15) is 0 Å². The van der Waals surface area contributed by atoms with Crippen LogP contribution in [-0.2, 0) is 10.3 Å². The van der Waals surface area contributed by atoms with Gasteiger partial charge in [-0.05, 0) is 25.3 Å². The molecule has 96 valence electrons. The first-order valence-electron chi connectivity index (χ1n) is 6.35. The molecule has 0 radical (unpaired) electrons. The highest BCUT2D eigenvalue weighted by atomic mass is 32.1. The van der Waals surface area contributed by atoms with E-state index in [0.717, 1.165) is 19.4 Å². The number of hydrogen-bond acceptors (Lipinski definition) is 4. The van der Waals surface area contributed by atoms with Crippen LogP contribution in [0.2, 0.25) is 0 Å². The van der Waals surface area contributed by atoms with Crippen LogP contribution >= 0.6 is 11.3 Å². The van der Waals surface area contributed by atoms with E-state index >= 15 is 0 Å². The molecule has 1 heterocycles. The smallest absolute Gasteiger partial charge is 0.113 e. The first-order chi connectivity index (χ1) is 8.11. The van der Waals surface area contributed by atoms with Gasteiger partial charge in [0.05, 0.1) is 17.3 Å². The van der Waals surface area contributed by atoms with E-state index in [2.05, 4.69) is 31.5 Å². The Morgan fingerprint density at radius 1 is 1.59 bits per heavy atom. The number of hydrogen-bond donors (Lipinski definition) is 1. The molecule has 0 bridgehead atoms. The van der Waals surface area contributed by atoms with E-state index in [9.17, 15) is 0 Å². The lowest BCUT2D eigenvalue weighted by molar-refractivity contribution is -0.0325. The van der Waals surface area contributed by atoms with Gasteiger partial charge in [0.15, 0.2) is 0 Å². The van der Waals surface area contributed by atoms with E-state index in [1.54, 1.807) is 18.4 Å². The van der Waals surface area contributed by atoms with E-state index < -0.39 is 0 Å². The van der Waals surface area contributed by atoms with Gasteiger partial charge in [0.2, 0.25) is 0 Å². The predicted molar refractivity (Wildman–Crippen MR) is 71.6 cm³/mol. The van der Waals surface area contributed by atoms with Crippen LogP contribution in [0.1, 0.15) is 50.2 Å². The second-order valence-electron chi connectivity index (χ2n) is 5.11. The highest BCUT2D eigenvalue weighted by molar-refractivity contribution is 7.09. The second-order valence-corrected chi connectivity index (χ2v) is 5.97. The zero-order chi connectivity index (χ0) is 12.5. The standard InChI is InChI=1S/C13H22N2OS/c1-5-14-13(6-10(7-13)16-4)12-15-11(8-17-12)9(2)3/h8-10,14H,5-7H2,1-4H3. The minimum atomic E-state index is 0.0766. The first kappa shape index (κ1) is 13.0. The first-order valence-corrected chi connectivity index (χ1v) is 7.23. The van der Waals surface area contributed by atoms with Crippen molar-refractivity contribution in [1.29, 1.82) is 0 Å². The number of thiazole rings is 1. The third-order valence-corrected chi connectivity index (χ3v) is 4.59. The topological polar surface area (TPSA) is 34.2 Å². The van der Waals surface area contributed by atoms with Crippen LogP contribution in [0.25, 0.3) is 0 Å². The fraction of sp³-hybridized carbons (Fsp3) is 0.769. The molecule has 2 rings (SSSR count). The summed E-state index contributed by atoms with van der Waals surface area (Å²) < 4.78 is 5.40. The van der Waals surface area contributed by atoms with Crippen molar-refractivity contribution in [2.24, 2.45) is 0 Å². The normalized spacial score (nSPS) is 28.4. The Kier molecular flexibility index (Phi) is 3.85. The molecule has 0 aromatic carbocycles. The average Bonchev–Trinajstić information content (AvgIpc) is 2.72. The summed E-state index contributed by atoms with van der Waals surface area (Å²) in [4.78, 5) is 4.79. The van der Waals surface area contributed by atoms with Crippen molar-refractivity contribution in [3.63, 3.8) is 0 Å². The van der Waals surface area contributed by atoms with Crippen LogP contribution in [0, 0.1) is 0 Å². The molecule has 0 aliphatic heterocycles. The summed E-state index contributed by atoms with van der Waals surface area (Å²) in [7, 11) is 1.79. The van der Waals surface area contributed by atoms with E-state index in [1.807, 2.05) is 0 Å². The highest BCUT2D eigenvalue weighted by Gasteiger charge is 2.47. The zero-order valence-electron chi connectivity index (χ0n) is 11.1. The van der Waals surface area contributed by atoms with Crippen molar-refractivity contribution in [1.82, 2.24) is 10.3 Å². The monoisotopic (exact) mass is 254 g/mol. The third-order valence-electron chi connectivity index (χ3n) is 3.52. The Morgan fingerprint density at radius 2 is 2.29 bits per heavy atom. The molecule has 4 heteroatoms. The molecule has 0 amide bonds. The number of ether oxygens (including phenoxy) is 1. The van der Waals surface area contributed by atoms with Crippen LogP contribution < -0.4 is 5.32 Å². The summed E-state index contributed by atoms with van der Waals surface area (Å²) in [5.41, 5.74) is 1.29. The fourth-order valence-electron chi connectivity index (χ4n) is 2.39. The lowest BCUT2D eigenvalue weighted by atomic mass is 9.74. The van der Waals surface area contributed by atoms with E-state index in [-0.39, 0.29) is 5.54 Å². The van der Waals surface area contributed by atoms with Crippen LogP contribution in [0.3, 0.4) is 0 Å². The lowest BCUT2D eigenvalue weighted by Gasteiger charge is -2.46. The van der Waals surface area contributed by atoms with E-state index in [4.69, 9.17) is 9.72 Å². The molecular formula is C13H22N2OS. The van der Waals surface area contributed by atoms with Crippen molar-refractivity contribution in [3.05, 3.63) is 16.1 Å². The van der Waals surface area contributed by atoms with Crippen molar-refractivity contribution in [2.75, 3.05) is 13.7 Å². The molecule has 0 unspecified atom stereocenters. The van der Waals surface area contributed by atoms with Gasteiger partial charge < -0.3 is 10.1 Å². The summed E-state index contributed by atoms with van der Waals surface area (Å²) in [5.74, 6) is 0.511. The van der Waals surface area contributed by atoms with Gasteiger partial charge in [0.25, 0.3) is 0 Å². The maximum Gasteiger partial charge on any atom is 0.113 e. The predicted octanol–water partition coefficient (Wildman–Crippen LogP) is 2.88. The summed E-state index contributed by atoms with van der Waals surface area (Å²) >= 11 is 1.78. The minimum Gasteiger partial charge on any atom is -0.381 e. The molecule has 1 N–H and O–H groups in total. The van der Waals surface area contributed by atoms with Crippen LogP contribution in [-0.4, -0.2) is 24.7 Å². The second kappa shape index (κ2) is 5.04. The Bertz CT molecular complexity index is 369. The lowest BCUT2D eigenvalue weighted by Crippen LogP contribution is -2.55. The summed E-state index contributed by atoms with van der Waals surface area (Å²) in [6.07, 6.45) is 2.48. The Labute approximate surface area is 108 Å². The van der Waals surface area contributed by atoms with Crippen LogP contribution in [0.4, 0.5) is 0 Å². The van der Waals surface area contributed by atoms with E-state index in [0.29, 0.717) is 12.0 Å². The van der Waals surface area contributed by atoms with Gasteiger partial charge >= 0.3 is 0 Å². The molecule has 1 aromatic rings. The Balaban J connectivity index is 2.16. The SMILES string of the molecule is CCNC1(c2nc(C(C)C)cs2)CC(OC)C1. The molecule has 0 atom stereocenters. The zero-order valence-corrected chi connectivity index (χ0v) is 11.9. The van der Waals surface area contributed by atoms with Crippen molar-refractivity contribution in [3.8, 4) is 0 Å². The van der Waals surface area contributed by atoms with Gasteiger partial charge in [-0.1, -0.05) is 20.8 Å². The number of nitrogens with one attached hydrogen (secondary N) is 1.